The van der Waals surface area contributed by atoms with Crippen LogP contribution in [0, 0.1) is 17.2 Å². The van der Waals surface area contributed by atoms with Crippen molar-refractivity contribution in [2.45, 2.75) is 51.6 Å². The summed E-state index contributed by atoms with van der Waals surface area (Å²) in [6.07, 6.45) is 6.24. The third-order valence-electron chi connectivity index (χ3n) is 4.21. The minimum atomic E-state index is -0.724. The molecule has 0 spiro atoms. The average molecular weight is 315 g/mol. The van der Waals surface area contributed by atoms with Crippen LogP contribution in [0.3, 0.4) is 0 Å². The van der Waals surface area contributed by atoms with Gasteiger partial charge in [-0.2, -0.15) is 9.65 Å². The molecule has 1 aliphatic rings. The van der Waals surface area contributed by atoms with Gasteiger partial charge in [-0.15, -0.1) is 0 Å². The van der Waals surface area contributed by atoms with Crippen molar-refractivity contribution in [3.05, 3.63) is 47.3 Å². The quantitative estimate of drug-likeness (QED) is 0.583. The molecular weight excluding hydrogens is 293 g/mol. The van der Waals surface area contributed by atoms with Crippen LogP contribution < -0.4 is 0 Å². The largest absolute Gasteiger partial charge is 0.459 e. The van der Waals surface area contributed by atoms with Gasteiger partial charge in [-0.3, -0.25) is 0 Å². The van der Waals surface area contributed by atoms with E-state index in [0.29, 0.717) is 18.4 Å². The summed E-state index contributed by atoms with van der Waals surface area (Å²) in [6.45, 7) is 2.12. The number of halogens is 1. The zero-order chi connectivity index (χ0) is 16.7. The minimum absolute atomic E-state index is 0.0675. The fourth-order valence-electron chi connectivity index (χ4n) is 2.93. The highest BCUT2D eigenvalue weighted by atomic mass is 19.1. The molecule has 0 aromatic heterocycles. The predicted molar refractivity (Wildman–Crippen MR) is 86.4 cm³/mol. The van der Waals surface area contributed by atoms with Crippen molar-refractivity contribution in [1.29, 1.82) is 5.26 Å². The van der Waals surface area contributed by atoms with Crippen molar-refractivity contribution in [2.24, 2.45) is 5.92 Å². The number of benzene rings is 1. The zero-order valence-electron chi connectivity index (χ0n) is 13.4. The topological polar surface area (TPSA) is 50.1 Å². The Labute approximate surface area is 136 Å². The maximum Gasteiger partial charge on any atom is 0.338 e. The van der Waals surface area contributed by atoms with Crippen molar-refractivity contribution in [1.82, 2.24) is 0 Å². The van der Waals surface area contributed by atoms with Gasteiger partial charge in [0.05, 0.1) is 5.56 Å². The first-order valence-corrected chi connectivity index (χ1v) is 8.19. The summed E-state index contributed by atoms with van der Waals surface area (Å²) >= 11 is 0. The molecule has 1 aromatic rings. The molecule has 0 atom stereocenters. The Bertz CT molecular complexity index is 593. The molecule has 0 radical (unpaired) electrons. The number of aryl methyl sites for hydroxylation is 1. The van der Waals surface area contributed by atoms with Crippen LogP contribution in [0.25, 0.3) is 0 Å². The van der Waals surface area contributed by atoms with Gasteiger partial charge in [-0.25, -0.2) is 4.79 Å². The van der Waals surface area contributed by atoms with Crippen LogP contribution in [-0.4, -0.2) is 12.1 Å². The van der Waals surface area contributed by atoms with Gasteiger partial charge in [0.25, 0.3) is 0 Å². The van der Waals surface area contributed by atoms with Gasteiger partial charge >= 0.3 is 5.97 Å². The van der Waals surface area contributed by atoms with E-state index in [4.69, 9.17) is 10.00 Å². The normalized spacial score (nSPS) is 21.5. The molecule has 4 heteroatoms. The highest BCUT2D eigenvalue weighted by molar-refractivity contribution is 5.89. The molecule has 1 aromatic carbocycles. The van der Waals surface area contributed by atoms with E-state index < -0.39 is 5.83 Å². The number of esters is 1. The molecule has 0 unspecified atom stereocenters. The number of carbonyl (C=O) groups is 1. The molecule has 0 N–H and O–H groups in total. The Kier molecular flexibility index (Phi) is 6.34. The van der Waals surface area contributed by atoms with Crippen molar-refractivity contribution in [3.63, 3.8) is 0 Å². The van der Waals surface area contributed by atoms with Gasteiger partial charge in [-0.1, -0.05) is 25.5 Å². The molecule has 1 fully saturated rings. The monoisotopic (exact) mass is 315 g/mol. The lowest BCUT2D eigenvalue weighted by Gasteiger charge is -2.26. The van der Waals surface area contributed by atoms with E-state index in [-0.39, 0.29) is 18.0 Å². The number of ether oxygens (including phenoxy) is 1. The highest BCUT2D eigenvalue weighted by Gasteiger charge is 2.23. The Morgan fingerprint density at radius 3 is 2.52 bits per heavy atom. The Balaban J connectivity index is 1.84. The second-order valence-corrected chi connectivity index (χ2v) is 6.02. The zero-order valence-corrected chi connectivity index (χ0v) is 13.4. The van der Waals surface area contributed by atoms with E-state index in [1.54, 1.807) is 0 Å². The minimum Gasteiger partial charge on any atom is -0.459 e. The molecule has 0 amide bonds. The van der Waals surface area contributed by atoms with Gasteiger partial charge in [0.2, 0.25) is 0 Å². The molecule has 0 heterocycles. The van der Waals surface area contributed by atoms with Gasteiger partial charge in [-0.05, 0) is 61.8 Å². The van der Waals surface area contributed by atoms with Crippen molar-refractivity contribution < 1.29 is 13.9 Å². The Morgan fingerprint density at radius 2 is 1.96 bits per heavy atom. The molecule has 1 saturated carbocycles. The summed E-state index contributed by atoms with van der Waals surface area (Å²) in [4.78, 5) is 12.2. The van der Waals surface area contributed by atoms with Crippen molar-refractivity contribution in [3.8, 4) is 6.07 Å². The van der Waals surface area contributed by atoms with Crippen LogP contribution in [0.2, 0.25) is 0 Å². The smallest absolute Gasteiger partial charge is 0.338 e. The Hall–Kier alpha value is -2.15. The van der Waals surface area contributed by atoms with E-state index in [2.05, 4.69) is 6.92 Å². The van der Waals surface area contributed by atoms with Gasteiger partial charge in [0.1, 0.15) is 12.2 Å². The first-order valence-electron chi connectivity index (χ1n) is 8.19. The van der Waals surface area contributed by atoms with Crippen LogP contribution in [0.15, 0.2) is 36.2 Å². The first kappa shape index (κ1) is 17.2. The van der Waals surface area contributed by atoms with Crippen LogP contribution in [0.1, 0.15) is 54.9 Å². The van der Waals surface area contributed by atoms with Crippen LogP contribution in [0.5, 0.6) is 0 Å². The average Bonchev–Trinajstić information content (AvgIpc) is 2.57. The molecule has 1 aliphatic carbocycles. The number of carbonyl (C=O) groups excluding carboxylic acids is 1. The Morgan fingerprint density at radius 1 is 1.30 bits per heavy atom. The number of allylic oxidation sites excluding steroid dienone is 2. The predicted octanol–water partition coefficient (Wildman–Crippen LogP) is 4.73. The molecule has 23 heavy (non-hydrogen) atoms. The lowest BCUT2D eigenvalue weighted by molar-refractivity contribution is 0.0184. The maximum atomic E-state index is 12.9. The number of hydrogen-bond donors (Lipinski definition) is 0. The standard InChI is InChI=1S/C19H22FNO2/c1-2-3-14-4-8-16(9-5-14)19(22)23-18-10-6-15(7-11-18)12-17(20)13-21/h4-5,8-9,12,15,18H,2-3,6-7,10-11H2,1H3/b17-12+. The summed E-state index contributed by atoms with van der Waals surface area (Å²) in [7, 11) is 0. The summed E-state index contributed by atoms with van der Waals surface area (Å²) in [6, 6.07) is 9.05. The molecular formula is C19H22FNO2. The van der Waals surface area contributed by atoms with E-state index >= 15 is 0 Å². The third kappa shape index (κ3) is 5.21. The summed E-state index contributed by atoms with van der Waals surface area (Å²) < 4.78 is 18.5. The van der Waals surface area contributed by atoms with E-state index in [9.17, 15) is 9.18 Å². The molecule has 122 valence electrons. The number of nitrogens with zero attached hydrogens (tertiary/aromatic N) is 1. The van der Waals surface area contributed by atoms with Crippen molar-refractivity contribution in [2.75, 3.05) is 0 Å². The summed E-state index contributed by atoms with van der Waals surface area (Å²) in [5.74, 6) is -0.953. The molecule has 0 saturated heterocycles. The van der Waals surface area contributed by atoms with Gasteiger partial charge in [0, 0.05) is 0 Å². The van der Waals surface area contributed by atoms with Crippen LogP contribution >= 0.6 is 0 Å². The van der Waals surface area contributed by atoms with E-state index in [1.807, 2.05) is 24.3 Å². The van der Waals surface area contributed by atoms with Gasteiger partial charge in [0.15, 0.2) is 5.83 Å². The van der Waals surface area contributed by atoms with Gasteiger partial charge < -0.3 is 4.74 Å². The number of hydrogen-bond acceptors (Lipinski definition) is 3. The summed E-state index contributed by atoms with van der Waals surface area (Å²) in [5.41, 5.74) is 1.79. The third-order valence-corrected chi connectivity index (χ3v) is 4.21. The molecule has 3 nitrogen and oxygen atoms in total. The van der Waals surface area contributed by atoms with Crippen molar-refractivity contribution >= 4 is 5.97 Å². The van der Waals surface area contributed by atoms with E-state index in [0.717, 1.165) is 25.7 Å². The van der Waals surface area contributed by atoms with Crippen LogP contribution in [-0.2, 0) is 11.2 Å². The molecule has 2 rings (SSSR count). The number of nitriles is 1. The summed E-state index contributed by atoms with van der Waals surface area (Å²) in [5, 5.41) is 8.45. The maximum absolute atomic E-state index is 12.9. The number of rotatable bonds is 5. The SMILES string of the molecule is CCCc1ccc(C(=O)OC2CCC(/C=C(/F)C#N)CC2)cc1. The second kappa shape index (κ2) is 8.47. The molecule has 0 bridgehead atoms. The fourth-order valence-corrected chi connectivity index (χ4v) is 2.93. The van der Waals surface area contributed by atoms with E-state index in [1.165, 1.54) is 17.7 Å². The lowest BCUT2D eigenvalue weighted by atomic mass is 9.87. The molecule has 0 aliphatic heterocycles. The highest BCUT2D eigenvalue weighted by Crippen LogP contribution is 2.28. The second-order valence-electron chi connectivity index (χ2n) is 6.02. The fraction of sp³-hybridized carbons (Fsp3) is 0.474. The van der Waals surface area contributed by atoms with Crippen LogP contribution in [0.4, 0.5) is 4.39 Å². The first-order chi connectivity index (χ1) is 11.1. The lowest BCUT2D eigenvalue weighted by Crippen LogP contribution is -2.24.